The molecule has 0 aromatic heterocycles. The van der Waals surface area contributed by atoms with Crippen LogP contribution in [0.4, 0.5) is 4.79 Å². The molecule has 0 radical (unpaired) electrons. The molecule has 1 saturated heterocycles. The summed E-state index contributed by atoms with van der Waals surface area (Å²) in [6, 6.07) is 15.6. The highest BCUT2D eigenvalue weighted by Gasteiger charge is 2.30. The molecule has 1 atom stereocenters. The summed E-state index contributed by atoms with van der Waals surface area (Å²) in [5.74, 6) is -0.621. The second-order valence-electron chi connectivity index (χ2n) is 8.89. The quantitative estimate of drug-likeness (QED) is 0.664. The molecule has 0 spiro atoms. The molecule has 1 aliphatic carbocycles. The van der Waals surface area contributed by atoms with E-state index in [1.807, 2.05) is 24.3 Å². The number of alkyl carbamates (subject to hydrolysis) is 1. The fourth-order valence-corrected chi connectivity index (χ4v) is 4.92. The highest BCUT2D eigenvalue weighted by Crippen LogP contribution is 2.44. The lowest BCUT2D eigenvalue weighted by Crippen LogP contribution is -2.49. The number of fused-ring (bicyclic) bond motifs is 3. The zero-order valence-corrected chi connectivity index (χ0v) is 18.8. The van der Waals surface area contributed by atoms with E-state index in [4.69, 9.17) is 9.84 Å². The Morgan fingerprint density at radius 2 is 1.61 bits per heavy atom. The Morgan fingerprint density at radius 1 is 1.03 bits per heavy atom. The maximum Gasteiger partial charge on any atom is 0.407 e. The van der Waals surface area contributed by atoms with Gasteiger partial charge in [-0.05, 0) is 54.4 Å². The number of ether oxygens (including phenoxy) is 1. The first-order valence-electron chi connectivity index (χ1n) is 11.6. The Hall–Kier alpha value is -3.35. The van der Waals surface area contributed by atoms with Crippen molar-refractivity contribution in [1.29, 1.82) is 0 Å². The normalized spacial score (nSPS) is 16.6. The van der Waals surface area contributed by atoms with Crippen molar-refractivity contribution in [1.82, 2.24) is 10.2 Å². The fraction of sp³-hybridized carbons (Fsp3) is 0.423. The van der Waals surface area contributed by atoms with Crippen LogP contribution >= 0.6 is 0 Å². The molecule has 4 rings (SSSR count). The predicted molar refractivity (Wildman–Crippen MR) is 124 cm³/mol. The molecule has 1 fully saturated rings. The van der Waals surface area contributed by atoms with Crippen molar-refractivity contribution < 1.29 is 24.2 Å². The van der Waals surface area contributed by atoms with Crippen LogP contribution in [0.3, 0.4) is 0 Å². The monoisotopic (exact) mass is 450 g/mol. The van der Waals surface area contributed by atoms with Crippen LogP contribution in [0.1, 0.15) is 49.7 Å². The van der Waals surface area contributed by atoms with Gasteiger partial charge in [-0.25, -0.2) is 4.79 Å². The van der Waals surface area contributed by atoms with Gasteiger partial charge in [-0.15, -0.1) is 0 Å². The van der Waals surface area contributed by atoms with Crippen molar-refractivity contribution in [2.24, 2.45) is 5.92 Å². The largest absolute Gasteiger partial charge is 0.481 e. The van der Waals surface area contributed by atoms with E-state index in [2.05, 4.69) is 29.6 Å². The van der Waals surface area contributed by atoms with Gasteiger partial charge in [0.2, 0.25) is 5.91 Å². The minimum atomic E-state index is -0.783. The number of aliphatic carboxylic acids is 1. The highest BCUT2D eigenvalue weighted by molar-refractivity contribution is 5.85. The van der Waals surface area contributed by atoms with Crippen LogP contribution in [0.2, 0.25) is 0 Å². The Balaban J connectivity index is 1.27. The zero-order chi connectivity index (χ0) is 23.4. The average Bonchev–Trinajstić information content (AvgIpc) is 3.15. The molecular formula is C26H30N2O5. The van der Waals surface area contributed by atoms with Crippen molar-refractivity contribution in [3.63, 3.8) is 0 Å². The first-order chi connectivity index (χ1) is 15.9. The Kier molecular flexibility index (Phi) is 6.96. The van der Waals surface area contributed by atoms with Gasteiger partial charge in [0, 0.05) is 25.4 Å². The van der Waals surface area contributed by atoms with Gasteiger partial charge < -0.3 is 20.1 Å². The van der Waals surface area contributed by atoms with Gasteiger partial charge in [-0.1, -0.05) is 48.5 Å². The van der Waals surface area contributed by atoms with E-state index in [0.29, 0.717) is 25.4 Å². The Morgan fingerprint density at radius 3 is 2.18 bits per heavy atom. The van der Waals surface area contributed by atoms with E-state index in [9.17, 15) is 14.4 Å². The van der Waals surface area contributed by atoms with E-state index in [1.54, 1.807) is 11.8 Å². The van der Waals surface area contributed by atoms with Gasteiger partial charge in [-0.2, -0.15) is 0 Å². The molecule has 174 valence electrons. The lowest BCUT2D eigenvalue weighted by atomic mass is 9.92. The van der Waals surface area contributed by atoms with Crippen LogP contribution < -0.4 is 5.32 Å². The van der Waals surface area contributed by atoms with Crippen molar-refractivity contribution in [3.05, 3.63) is 59.7 Å². The van der Waals surface area contributed by atoms with Crippen LogP contribution in [-0.4, -0.2) is 53.7 Å². The van der Waals surface area contributed by atoms with E-state index >= 15 is 0 Å². The minimum absolute atomic E-state index is 0.0287. The number of carboxylic acid groups (broad SMARTS) is 1. The number of amides is 2. The van der Waals surface area contributed by atoms with E-state index < -0.39 is 18.1 Å². The number of carboxylic acids is 1. The lowest BCUT2D eigenvalue weighted by Gasteiger charge is -2.33. The fourth-order valence-electron chi connectivity index (χ4n) is 4.92. The van der Waals surface area contributed by atoms with Crippen molar-refractivity contribution in [3.8, 4) is 11.1 Å². The third kappa shape index (κ3) is 5.18. The number of carbonyl (C=O) groups excluding carboxylic acids is 2. The Labute approximate surface area is 193 Å². The summed E-state index contributed by atoms with van der Waals surface area (Å²) in [7, 11) is 0. The SMILES string of the molecule is CC(NC(=O)OCC1c2ccccc2-c2ccccc21)C(=O)N1CCC(CCC(=O)O)CC1. The molecule has 1 aliphatic heterocycles. The number of rotatable bonds is 7. The number of piperidine rings is 1. The summed E-state index contributed by atoms with van der Waals surface area (Å²) in [6.45, 7) is 3.04. The summed E-state index contributed by atoms with van der Waals surface area (Å²) >= 11 is 0. The van der Waals surface area contributed by atoms with Gasteiger partial charge in [0.1, 0.15) is 12.6 Å². The van der Waals surface area contributed by atoms with Gasteiger partial charge in [0.05, 0.1) is 0 Å². The Bertz CT molecular complexity index is 983. The molecule has 7 nitrogen and oxygen atoms in total. The first kappa shape index (κ1) is 22.8. The first-order valence-corrected chi connectivity index (χ1v) is 11.6. The smallest absolute Gasteiger partial charge is 0.407 e. The van der Waals surface area contributed by atoms with Gasteiger partial charge in [-0.3, -0.25) is 9.59 Å². The predicted octanol–water partition coefficient (Wildman–Crippen LogP) is 4.02. The molecule has 2 amide bonds. The molecule has 7 heteroatoms. The summed E-state index contributed by atoms with van der Waals surface area (Å²) in [4.78, 5) is 37.7. The van der Waals surface area contributed by atoms with E-state index in [1.165, 1.54) is 0 Å². The molecule has 33 heavy (non-hydrogen) atoms. The zero-order valence-electron chi connectivity index (χ0n) is 18.8. The van der Waals surface area contributed by atoms with Crippen molar-refractivity contribution in [2.45, 2.75) is 44.6 Å². The third-order valence-corrected chi connectivity index (χ3v) is 6.74. The topological polar surface area (TPSA) is 95.9 Å². The second-order valence-corrected chi connectivity index (χ2v) is 8.89. The number of hydrogen-bond acceptors (Lipinski definition) is 4. The third-order valence-electron chi connectivity index (χ3n) is 6.74. The van der Waals surface area contributed by atoms with Crippen LogP contribution in [-0.2, 0) is 14.3 Å². The molecule has 2 aromatic rings. The molecule has 2 N–H and O–H groups in total. The van der Waals surface area contributed by atoms with E-state index in [-0.39, 0.29) is 24.9 Å². The average molecular weight is 451 g/mol. The van der Waals surface area contributed by atoms with Crippen molar-refractivity contribution >= 4 is 18.0 Å². The maximum absolute atomic E-state index is 12.8. The number of nitrogens with zero attached hydrogens (tertiary/aromatic N) is 1. The highest BCUT2D eigenvalue weighted by atomic mass is 16.5. The van der Waals surface area contributed by atoms with Crippen LogP contribution in [0.15, 0.2) is 48.5 Å². The molecule has 2 aromatic carbocycles. The standard InChI is InChI=1S/C26H30N2O5/c1-17(25(31)28-14-12-18(13-15-28)10-11-24(29)30)27-26(32)33-16-23-21-8-4-2-6-19(21)20-7-3-5-9-22(20)23/h2-9,17-18,23H,10-16H2,1H3,(H,27,32)(H,29,30). The number of carbonyl (C=O) groups is 3. The molecular weight excluding hydrogens is 420 g/mol. The molecule has 1 heterocycles. The van der Waals surface area contributed by atoms with Crippen LogP contribution in [0, 0.1) is 5.92 Å². The molecule has 0 saturated carbocycles. The van der Waals surface area contributed by atoms with Gasteiger partial charge in [0.25, 0.3) is 0 Å². The molecule has 1 unspecified atom stereocenters. The van der Waals surface area contributed by atoms with Crippen LogP contribution in [0.25, 0.3) is 11.1 Å². The molecule has 2 aliphatic rings. The number of likely N-dealkylation sites (tertiary alicyclic amines) is 1. The number of nitrogens with one attached hydrogen (secondary N) is 1. The summed E-state index contributed by atoms with van der Waals surface area (Å²) in [5.41, 5.74) is 4.61. The maximum atomic E-state index is 12.8. The second kappa shape index (κ2) is 10.1. The van der Waals surface area contributed by atoms with Gasteiger partial charge >= 0.3 is 12.1 Å². The number of hydrogen-bond donors (Lipinski definition) is 2. The van der Waals surface area contributed by atoms with E-state index in [0.717, 1.165) is 35.1 Å². The summed E-state index contributed by atoms with van der Waals surface area (Å²) < 4.78 is 5.54. The summed E-state index contributed by atoms with van der Waals surface area (Å²) in [5, 5.41) is 11.5. The summed E-state index contributed by atoms with van der Waals surface area (Å²) in [6.07, 6.45) is 1.78. The lowest BCUT2D eigenvalue weighted by molar-refractivity contribution is -0.138. The minimum Gasteiger partial charge on any atom is -0.481 e. The number of benzene rings is 2. The van der Waals surface area contributed by atoms with Gasteiger partial charge in [0.15, 0.2) is 0 Å². The van der Waals surface area contributed by atoms with Crippen LogP contribution in [0.5, 0.6) is 0 Å². The van der Waals surface area contributed by atoms with Crippen molar-refractivity contribution in [2.75, 3.05) is 19.7 Å². The molecule has 0 bridgehead atoms.